The van der Waals surface area contributed by atoms with E-state index in [0.29, 0.717) is 6.42 Å². The summed E-state index contributed by atoms with van der Waals surface area (Å²) in [6.07, 6.45) is 10.9. The Kier molecular flexibility index (Phi) is 13.9. The number of aliphatic hydroxyl groups is 2. The monoisotopic (exact) mass is 302 g/mol. The lowest BCUT2D eigenvalue weighted by Gasteiger charge is -2.10. The molecule has 0 saturated carbocycles. The molecule has 0 aliphatic heterocycles. The number of esters is 1. The van der Waals surface area contributed by atoms with Crippen LogP contribution in [0.2, 0.25) is 0 Å². The molecular formula is C17H34O4. The molecule has 0 aromatic carbocycles. The first-order valence-corrected chi connectivity index (χ1v) is 8.53. The van der Waals surface area contributed by atoms with Crippen molar-refractivity contribution in [1.82, 2.24) is 0 Å². The van der Waals surface area contributed by atoms with Crippen molar-refractivity contribution in [2.45, 2.75) is 96.2 Å². The molecule has 0 aromatic rings. The van der Waals surface area contributed by atoms with E-state index in [2.05, 4.69) is 11.7 Å². The van der Waals surface area contributed by atoms with Crippen LogP contribution in [0.1, 0.15) is 84.0 Å². The SMILES string of the molecule is CCCC[C@H](O)CCCCCCCC[C@@H](O)CC(=O)OC. The van der Waals surface area contributed by atoms with Gasteiger partial charge >= 0.3 is 5.97 Å². The van der Waals surface area contributed by atoms with Crippen LogP contribution in [-0.4, -0.2) is 35.5 Å². The fourth-order valence-corrected chi connectivity index (χ4v) is 2.43. The van der Waals surface area contributed by atoms with Crippen molar-refractivity contribution in [3.8, 4) is 0 Å². The minimum atomic E-state index is -0.564. The molecular weight excluding hydrogens is 268 g/mol. The third-order valence-electron chi connectivity index (χ3n) is 3.85. The lowest BCUT2D eigenvalue weighted by atomic mass is 10.0. The summed E-state index contributed by atoms with van der Waals surface area (Å²) in [6.45, 7) is 2.15. The summed E-state index contributed by atoms with van der Waals surface area (Å²) in [7, 11) is 1.34. The number of hydrogen-bond acceptors (Lipinski definition) is 4. The fraction of sp³-hybridized carbons (Fsp3) is 0.941. The number of ether oxygens (including phenoxy) is 1. The first-order valence-electron chi connectivity index (χ1n) is 8.53. The molecule has 0 aromatic heterocycles. The predicted octanol–water partition coefficient (Wildman–Crippen LogP) is 3.58. The first kappa shape index (κ1) is 20.4. The van der Waals surface area contributed by atoms with E-state index in [1.165, 1.54) is 20.0 Å². The summed E-state index contributed by atoms with van der Waals surface area (Å²) in [6, 6.07) is 0. The molecule has 4 heteroatoms. The molecule has 0 heterocycles. The summed E-state index contributed by atoms with van der Waals surface area (Å²) >= 11 is 0. The Labute approximate surface area is 129 Å². The molecule has 0 radical (unpaired) electrons. The molecule has 126 valence electrons. The molecule has 4 nitrogen and oxygen atoms in total. The standard InChI is InChI=1S/C17H34O4/c1-3-4-11-15(18)12-9-7-5-6-8-10-13-16(19)14-17(20)21-2/h15-16,18-19H,3-14H2,1-2H3/t15-,16+/m0/s1. The van der Waals surface area contributed by atoms with E-state index in [1.54, 1.807) is 0 Å². The van der Waals surface area contributed by atoms with Crippen LogP contribution in [0.25, 0.3) is 0 Å². The number of aliphatic hydroxyl groups excluding tert-OH is 2. The van der Waals surface area contributed by atoms with Gasteiger partial charge in [-0.05, 0) is 19.3 Å². The molecule has 0 aliphatic carbocycles. The second-order valence-electron chi connectivity index (χ2n) is 5.93. The van der Waals surface area contributed by atoms with Crippen LogP contribution in [0.3, 0.4) is 0 Å². The Hall–Kier alpha value is -0.610. The second-order valence-corrected chi connectivity index (χ2v) is 5.93. The van der Waals surface area contributed by atoms with Gasteiger partial charge in [0.25, 0.3) is 0 Å². The molecule has 0 unspecified atom stereocenters. The highest BCUT2D eigenvalue weighted by molar-refractivity contribution is 5.69. The van der Waals surface area contributed by atoms with Crippen molar-refractivity contribution in [1.29, 1.82) is 0 Å². The van der Waals surface area contributed by atoms with E-state index in [1.807, 2.05) is 0 Å². The largest absolute Gasteiger partial charge is 0.469 e. The maximum absolute atomic E-state index is 10.9. The normalized spacial score (nSPS) is 13.9. The third-order valence-corrected chi connectivity index (χ3v) is 3.85. The molecule has 21 heavy (non-hydrogen) atoms. The molecule has 0 aliphatic rings. The average molecular weight is 302 g/mol. The number of unbranched alkanes of at least 4 members (excludes halogenated alkanes) is 6. The molecule has 0 spiro atoms. The molecule has 0 amide bonds. The summed E-state index contributed by atoms with van der Waals surface area (Å²) in [5.41, 5.74) is 0. The van der Waals surface area contributed by atoms with Crippen LogP contribution in [0.5, 0.6) is 0 Å². The fourth-order valence-electron chi connectivity index (χ4n) is 2.43. The Bertz CT molecular complexity index is 243. The minimum absolute atomic E-state index is 0.103. The lowest BCUT2D eigenvalue weighted by molar-refractivity contribution is -0.142. The minimum Gasteiger partial charge on any atom is -0.469 e. The van der Waals surface area contributed by atoms with Crippen molar-refractivity contribution in [2.24, 2.45) is 0 Å². The van der Waals surface area contributed by atoms with Crippen LogP contribution in [0.4, 0.5) is 0 Å². The van der Waals surface area contributed by atoms with Gasteiger partial charge in [0.1, 0.15) is 0 Å². The maximum Gasteiger partial charge on any atom is 0.308 e. The van der Waals surface area contributed by atoms with Crippen molar-refractivity contribution in [3.05, 3.63) is 0 Å². The molecule has 0 fully saturated rings. The predicted molar refractivity (Wildman–Crippen MR) is 85.1 cm³/mol. The van der Waals surface area contributed by atoms with Crippen LogP contribution < -0.4 is 0 Å². The first-order chi connectivity index (χ1) is 10.1. The van der Waals surface area contributed by atoms with E-state index < -0.39 is 6.10 Å². The quantitative estimate of drug-likeness (QED) is 0.380. The highest BCUT2D eigenvalue weighted by atomic mass is 16.5. The van der Waals surface area contributed by atoms with Crippen LogP contribution in [-0.2, 0) is 9.53 Å². The van der Waals surface area contributed by atoms with E-state index in [9.17, 15) is 15.0 Å². The van der Waals surface area contributed by atoms with E-state index in [0.717, 1.165) is 51.4 Å². The van der Waals surface area contributed by atoms with Gasteiger partial charge in [0.05, 0.1) is 25.7 Å². The van der Waals surface area contributed by atoms with Gasteiger partial charge in [-0.25, -0.2) is 0 Å². The zero-order valence-electron chi connectivity index (χ0n) is 13.9. The third kappa shape index (κ3) is 14.1. The lowest BCUT2D eigenvalue weighted by Crippen LogP contribution is -2.14. The van der Waals surface area contributed by atoms with Crippen LogP contribution in [0, 0.1) is 0 Å². The van der Waals surface area contributed by atoms with Crippen molar-refractivity contribution in [2.75, 3.05) is 7.11 Å². The van der Waals surface area contributed by atoms with Gasteiger partial charge in [-0.2, -0.15) is 0 Å². The number of rotatable bonds is 14. The van der Waals surface area contributed by atoms with Crippen LogP contribution >= 0.6 is 0 Å². The highest BCUT2D eigenvalue weighted by Gasteiger charge is 2.10. The summed E-state index contributed by atoms with van der Waals surface area (Å²) in [5.74, 6) is -0.343. The Balaban J connectivity index is 3.27. The Morgan fingerprint density at radius 3 is 1.86 bits per heavy atom. The zero-order valence-corrected chi connectivity index (χ0v) is 13.9. The van der Waals surface area contributed by atoms with Crippen molar-refractivity contribution < 1.29 is 19.7 Å². The summed E-state index contributed by atoms with van der Waals surface area (Å²) in [5, 5.41) is 19.3. The molecule has 0 bridgehead atoms. The van der Waals surface area contributed by atoms with Gasteiger partial charge < -0.3 is 14.9 Å². The van der Waals surface area contributed by atoms with Gasteiger partial charge in [0, 0.05) is 0 Å². The van der Waals surface area contributed by atoms with Gasteiger partial charge in [0.15, 0.2) is 0 Å². The number of methoxy groups -OCH3 is 1. The molecule has 2 N–H and O–H groups in total. The Morgan fingerprint density at radius 2 is 1.33 bits per heavy atom. The van der Waals surface area contributed by atoms with Gasteiger partial charge in [-0.1, -0.05) is 58.3 Å². The number of carbonyl (C=O) groups excluding carboxylic acids is 1. The number of carbonyl (C=O) groups is 1. The Morgan fingerprint density at radius 1 is 0.857 bits per heavy atom. The smallest absolute Gasteiger partial charge is 0.308 e. The zero-order chi connectivity index (χ0) is 15.9. The van der Waals surface area contributed by atoms with E-state index in [-0.39, 0.29) is 18.5 Å². The van der Waals surface area contributed by atoms with Gasteiger partial charge in [0.2, 0.25) is 0 Å². The highest BCUT2D eigenvalue weighted by Crippen LogP contribution is 2.13. The molecule has 0 rings (SSSR count). The van der Waals surface area contributed by atoms with Crippen molar-refractivity contribution >= 4 is 5.97 Å². The topological polar surface area (TPSA) is 66.8 Å². The van der Waals surface area contributed by atoms with E-state index in [4.69, 9.17) is 0 Å². The second kappa shape index (κ2) is 14.3. The van der Waals surface area contributed by atoms with Crippen LogP contribution in [0.15, 0.2) is 0 Å². The molecule has 0 saturated heterocycles. The average Bonchev–Trinajstić information content (AvgIpc) is 2.47. The molecule has 2 atom stereocenters. The van der Waals surface area contributed by atoms with Gasteiger partial charge in [-0.3, -0.25) is 4.79 Å². The number of hydrogen-bond donors (Lipinski definition) is 2. The van der Waals surface area contributed by atoms with Gasteiger partial charge in [-0.15, -0.1) is 0 Å². The summed E-state index contributed by atoms with van der Waals surface area (Å²) in [4.78, 5) is 10.9. The maximum atomic E-state index is 10.9. The van der Waals surface area contributed by atoms with E-state index >= 15 is 0 Å². The van der Waals surface area contributed by atoms with Crippen molar-refractivity contribution in [3.63, 3.8) is 0 Å². The summed E-state index contributed by atoms with van der Waals surface area (Å²) < 4.78 is 4.52.